The Morgan fingerprint density at radius 1 is 1.26 bits per heavy atom. The third-order valence-electron chi connectivity index (χ3n) is 4.13. The lowest BCUT2D eigenvalue weighted by Gasteiger charge is -2.20. The third kappa shape index (κ3) is 4.63. The molecule has 106 valence electrons. The van der Waals surface area contributed by atoms with Gasteiger partial charge >= 0.3 is 0 Å². The number of hydrogen-bond donors (Lipinski definition) is 1. The lowest BCUT2D eigenvalue weighted by atomic mass is 10.00. The molecule has 1 saturated carbocycles. The van der Waals surface area contributed by atoms with Crippen molar-refractivity contribution in [1.82, 2.24) is 10.2 Å². The van der Waals surface area contributed by atoms with Crippen LogP contribution in [0.4, 0.5) is 0 Å². The minimum atomic E-state index is 0.591. The summed E-state index contributed by atoms with van der Waals surface area (Å²) in [5, 5.41) is 3.24. The van der Waals surface area contributed by atoms with Crippen LogP contribution in [0, 0.1) is 5.92 Å². The normalized spacial score (nSPS) is 16.8. The molecule has 0 spiro atoms. The van der Waals surface area contributed by atoms with Gasteiger partial charge in [-0.3, -0.25) is 4.90 Å². The molecule has 1 aromatic carbocycles. The molecule has 19 heavy (non-hydrogen) atoms. The second-order valence-electron chi connectivity index (χ2n) is 5.97. The van der Waals surface area contributed by atoms with Gasteiger partial charge in [0, 0.05) is 19.6 Å². The van der Waals surface area contributed by atoms with E-state index in [0.29, 0.717) is 5.92 Å². The highest BCUT2D eigenvalue weighted by Crippen LogP contribution is 2.30. The van der Waals surface area contributed by atoms with E-state index in [9.17, 15) is 0 Å². The van der Waals surface area contributed by atoms with Crippen LogP contribution in [0.3, 0.4) is 0 Å². The Bertz CT molecular complexity index is 367. The Morgan fingerprint density at radius 2 is 1.95 bits per heavy atom. The highest BCUT2D eigenvalue weighted by Gasteiger charge is 2.23. The molecule has 1 aliphatic rings. The van der Waals surface area contributed by atoms with Crippen LogP contribution in [0.5, 0.6) is 0 Å². The van der Waals surface area contributed by atoms with E-state index in [1.807, 2.05) is 7.05 Å². The van der Waals surface area contributed by atoms with E-state index >= 15 is 0 Å². The van der Waals surface area contributed by atoms with E-state index in [1.54, 1.807) is 0 Å². The molecule has 2 rings (SSSR count). The summed E-state index contributed by atoms with van der Waals surface area (Å²) in [4.78, 5) is 2.57. The summed E-state index contributed by atoms with van der Waals surface area (Å²) < 4.78 is 0. The van der Waals surface area contributed by atoms with Crippen molar-refractivity contribution in [2.45, 2.75) is 39.2 Å². The van der Waals surface area contributed by atoms with Crippen molar-refractivity contribution in [3.8, 4) is 0 Å². The number of nitrogens with one attached hydrogen (secondary N) is 1. The fourth-order valence-corrected chi connectivity index (χ4v) is 2.60. The Labute approximate surface area is 118 Å². The lowest BCUT2D eigenvalue weighted by Crippen LogP contribution is -2.25. The fraction of sp³-hybridized carbons (Fsp3) is 0.647. The Morgan fingerprint density at radius 3 is 2.47 bits per heavy atom. The van der Waals surface area contributed by atoms with Crippen molar-refractivity contribution in [3.05, 3.63) is 35.4 Å². The van der Waals surface area contributed by atoms with E-state index in [4.69, 9.17) is 0 Å². The third-order valence-corrected chi connectivity index (χ3v) is 4.13. The molecule has 0 heterocycles. The summed E-state index contributed by atoms with van der Waals surface area (Å²) in [5.41, 5.74) is 2.88. The lowest BCUT2D eigenvalue weighted by molar-refractivity contribution is 0.268. The average Bonchev–Trinajstić information content (AvgIpc) is 3.23. The van der Waals surface area contributed by atoms with Gasteiger partial charge in [0.15, 0.2) is 0 Å². The first-order valence-corrected chi connectivity index (χ1v) is 7.68. The molecule has 0 amide bonds. The number of hydrogen-bond acceptors (Lipinski definition) is 2. The summed E-state index contributed by atoms with van der Waals surface area (Å²) in [6.07, 6.45) is 2.88. The molecule has 1 aromatic rings. The Balaban J connectivity index is 1.89. The van der Waals surface area contributed by atoms with Crippen molar-refractivity contribution >= 4 is 0 Å². The highest BCUT2D eigenvalue weighted by atomic mass is 15.1. The van der Waals surface area contributed by atoms with Gasteiger partial charge < -0.3 is 5.32 Å². The Kier molecular flexibility index (Phi) is 5.41. The zero-order valence-electron chi connectivity index (χ0n) is 12.7. The van der Waals surface area contributed by atoms with Gasteiger partial charge in [-0.05, 0) is 49.4 Å². The summed E-state index contributed by atoms with van der Waals surface area (Å²) >= 11 is 0. The van der Waals surface area contributed by atoms with Gasteiger partial charge in [0.1, 0.15) is 0 Å². The molecule has 1 atom stereocenters. The van der Waals surface area contributed by atoms with Crippen LogP contribution >= 0.6 is 0 Å². The molecule has 0 radical (unpaired) electrons. The largest absolute Gasteiger partial charge is 0.319 e. The molecule has 1 N–H and O–H groups in total. The summed E-state index contributed by atoms with van der Waals surface area (Å²) in [5.74, 6) is 1.57. The SMILES string of the molecule is CCN(Cc1ccc(C(C)CNC)cc1)CC1CC1. The monoisotopic (exact) mass is 260 g/mol. The first-order valence-electron chi connectivity index (χ1n) is 7.68. The van der Waals surface area contributed by atoms with Crippen LogP contribution in [0.2, 0.25) is 0 Å². The second-order valence-corrected chi connectivity index (χ2v) is 5.97. The van der Waals surface area contributed by atoms with Gasteiger partial charge in [-0.2, -0.15) is 0 Å². The van der Waals surface area contributed by atoms with Crippen LogP contribution < -0.4 is 5.32 Å². The zero-order valence-corrected chi connectivity index (χ0v) is 12.7. The molecule has 2 heteroatoms. The molecule has 1 fully saturated rings. The number of rotatable bonds is 8. The molecule has 0 bridgehead atoms. The van der Waals surface area contributed by atoms with E-state index in [-0.39, 0.29) is 0 Å². The average molecular weight is 260 g/mol. The van der Waals surface area contributed by atoms with E-state index < -0.39 is 0 Å². The summed E-state index contributed by atoms with van der Waals surface area (Å²) in [6.45, 7) is 9.14. The smallest absolute Gasteiger partial charge is 0.0233 e. The number of benzene rings is 1. The first-order chi connectivity index (χ1) is 9.22. The fourth-order valence-electron chi connectivity index (χ4n) is 2.60. The van der Waals surface area contributed by atoms with E-state index in [2.05, 4.69) is 48.3 Å². The van der Waals surface area contributed by atoms with Gasteiger partial charge in [0.25, 0.3) is 0 Å². The second kappa shape index (κ2) is 7.06. The molecule has 1 aliphatic carbocycles. The van der Waals surface area contributed by atoms with Crippen LogP contribution in [0.25, 0.3) is 0 Å². The van der Waals surface area contributed by atoms with Crippen LogP contribution in [0.15, 0.2) is 24.3 Å². The molecule has 0 aromatic heterocycles. The topological polar surface area (TPSA) is 15.3 Å². The predicted molar refractivity (Wildman–Crippen MR) is 82.5 cm³/mol. The van der Waals surface area contributed by atoms with Crippen molar-refractivity contribution in [1.29, 1.82) is 0 Å². The molecule has 1 unspecified atom stereocenters. The minimum Gasteiger partial charge on any atom is -0.319 e. The van der Waals surface area contributed by atoms with Crippen molar-refractivity contribution < 1.29 is 0 Å². The first kappa shape index (κ1) is 14.5. The van der Waals surface area contributed by atoms with Crippen molar-refractivity contribution in [3.63, 3.8) is 0 Å². The van der Waals surface area contributed by atoms with E-state index in [1.165, 1.54) is 30.5 Å². The maximum absolute atomic E-state index is 3.24. The highest BCUT2D eigenvalue weighted by molar-refractivity contribution is 5.25. The van der Waals surface area contributed by atoms with Crippen LogP contribution in [-0.4, -0.2) is 31.6 Å². The van der Waals surface area contributed by atoms with Gasteiger partial charge in [0.2, 0.25) is 0 Å². The van der Waals surface area contributed by atoms with Crippen LogP contribution in [-0.2, 0) is 6.54 Å². The van der Waals surface area contributed by atoms with Crippen LogP contribution in [0.1, 0.15) is 43.7 Å². The van der Waals surface area contributed by atoms with Gasteiger partial charge in [-0.1, -0.05) is 38.1 Å². The predicted octanol–water partition coefficient (Wildman–Crippen LogP) is 3.24. The van der Waals surface area contributed by atoms with Crippen molar-refractivity contribution in [2.24, 2.45) is 5.92 Å². The summed E-state index contributed by atoms with van der Waals surface area (Å²) in [6, 6.07) is 9.19. The molecule has 0 saturated heterocycles. The quantitative estimate of drug-likeness (QED) is 0.772. The number of nitrogens with zero attached hydrogens (tertiary/aromatic N) is 1. The maximum atomic E-state index is 3.24. The summed E-state index contributed by atoms with van der Waals surface area (Å²) in [7, 11) is 2.02. The zero-order chi connectivity index (χ0) is 13.7. The molecule has 2 nitrogen and oxygen atoms in total. The number of likely N-dealkylation sites (N-methyl/N-ethyl adjacent to an activating group) is 1. The molecule has 0 aliphatic heterocycles. The van der Waals surface area contributed by atoms with Crippen molar-refractivity contribution in [2.75, 3.05) is 26.7 Å². The van der Waals surface area contributed by atoms with Gasteiger partial charge in [-0.15, -0.1) is 0 Å². The Hall–Kier alpha value is -0.860. The van der Waals surface area contributed by atoms with E-state index in [0.717, 1.165) is 25.6 Å². The molecular formula is C17H28N2. The van der Waals surface area contributed by atoms with Gasteiger partial charge in [0.05, 0.1) is 0 Å². The maximum Gasteiger partial charge on any atom is 0.0233 e. The molecular weight excluding hydrogens is 232 g/mol. The van der Waals surface area contributed by atoms with Gasteiger partial charge in [-0.25, -0.2) is 0 Å². The minimum absolute atomic E-state index is 0.591. The standard InChI is InChI=1S/C17H28N2/c1-4-19(12-15-5-6-15)13-16-7-9-17(10-8-16)14(2)11-18-3/h7-10,14-15,18H,4-6,11-13H2,1-3H3.